The summed E-state index contributed by atoms with van der Waals surface area (Å²) in [4.78, 5) is 36.7. The second kappa shape index (κ2) is 13.9. The molecule has 0 heterocycles. The summed E-state index contributed by atoms with van der Waals surface area (Å²) in [5.74, 6) is -0.527. The van der Waals surface area contributed by atoms with Gasteiger partial charge in [-0.15, -0.1) is 13.2 Å². The van der Waals surface area contributed by atoms with Crippen molar-refractivity contribution in [1.82, 2.24) is 0 Å². The van der Waals surface area contributed by atoms with Gasteiger partial charge in [0, 0.05) is 11.1 Å². The Balaban J connectivity index is 0.00000210. The quantitative estimate of drug-likeness (QED) is 0.159. The smallest absolute Gasteiger partial charge is 0.224 e. The molecule has 0 radical (unpaired) electrons. The van der Waals surface area contributed by atoms with E-state index in [4.69, 9.17) is 4.74 Å². The molecular weight excluding hydrogens is 340 g/mol. The molecule has 4 heteroatoms. The number of ether oxygens (including phenoxy) is 1. The zero-order chi connectivity index (χ0) is 20.8. The molecule has 0 aromatic carbocycles. The molecular formula is C23H34O4. The lowest BCUT2D eigenvalue weighted by molar-refractivity contribution is -0.120. The van der Waals surface area contributed by atoms with E-state index in [1.165, 1.54) is 7.11 Å². The largest absolute Gasteiger partial charge is 0.492 e. The van der Waals surface area contributed by atoms with Gasteiger partial charge >= 0.3 is 0 Å². The minimum Gasteiger partial charge on any atom is -0.492 e. The van der Waals surface area contributed by atoms with Crippen LogP contribution in [0.4, 0.5) is 0 Å². The normalized spacial score (nSPS) is 13.9. The average molecular weight is 375 g/mol. The van der Waals surface area contributed by atoms with E-state index in [0.29, 0.717) is 30.3 Å². The summed E-state index contributed by atoms with van der Waals surface area (Å²) in [5, 5.41) is 0. The van der Waals surface area contributed by atoms with Gasteiger partial charge in [-0.3, -0.25) is 14.4 Å². The van der Waals surface area contributed by atoms with Crippen LogP contribution in [-0.4, -0.2) is 25.0 Å². The van der Waals surface area contributed by atoms with Gasteiger partial charge in [-0.1, -0.05) is 31.4 Å². The third-order valence-electron chi connectivity index (χ3n) is 4.23. The maximum absolute atomic E-state index is 12.7. The number of aldehydes is 1. The first-order chi connectivity index (χ1) is 12.9. The Kier molecular flexibility index (Phi) is 12.8. The van der Waals surface area contributed by atoms with Crippen LogP contribution in [0.25, 0.3) is 0 Å². The van der Waals surface area contributed by atoms with Crippen LogP contribution in [0, 0.1) is 0 Å². The number of hydrogen-bond donors (Lipinski definition) is 0. The molecule has 27 heavy (non-hydrogen) atoms. The molecule has 4 nitrogen and oxygen atoms in total. The average Bonchev–Trinajstić information content (AvgIpc) is 2.62. The summed E-state index contributed by atoms with van der Waals surface area (Å²) in [7, 11) is 1.41. The molecule has 1 aliphatic carbocycles. The molecule has 0 aromatic rings. The third kappa shape index (κ3) is 7.90. The SMILES string of the molecule is C=C(C)CCCCC1=C(OC)C(=O)C(CCCCC)=C(C=O)C1=O.C=CC. The van der Waals surface area contributed by atoms with Crippen LogP contribution in [0.1, 0.15) is 72.1 Å². The summed E-state index contributed by atoms with van der Waals surface area (Å²) in [5.41, 5.74) is 1.76. The van der Waals surface area contributed by atoms with Crippen molar-refractivity contribution >= 4 is 17.9 Å². The molecule has 0 aliphatic heterocycles. The van der Waals surface area contributed by atoms with Crippen LogP contribution in [0.2, 0.25) is 0 Å². The molecule has 0 unspecified atom stereocenters. The Morgan fingerprint density at radius 1 is 1.04 bits per heavy atom. The van der Waals surface area contributed by atoms with E-state index in [9.17, 15) is 14.4 Å². The summed E-state index contributed by atoms with van der Waals surface area (Å²) in [6.45, 7) is 13.1. The molecule has 0 atom stereocenters. The lowest BCUT2D eigenvalue weighted by atomic mass is 9.84. The van der Waals surface area contributed by atoms with Crippen LogP contribution in [0.5, 0.6) is 0 Å². The molecule has 0 saturated carbocycles. The maximum atomic E-state index is 12.7. The molecule has 0 bridgehead atoms. The molecule has 0 amide bonds. The number of methoxy groups -OCH3 is 1. The summed E-state index contributed by atoms with van der Waals surface area (Å²) in [6.07, 6.45) is 8.45. The van der Waals surface area contributed by atoms with Crippen LogP contribution in [0.3, 0.4) is 0 Å². The Labute approximate surface area is 164 Å². The van der Waals surface area contributed by atoms with Crippen LogP contribution in [0.15, 0.2) is 47.3 Å². The second-order valence-electron chi connectivity index (χ2n) is 6.71. The van der Waals surface area contributed by atoms with Gasteiger partial charge in [-0.2, -0.15) is 0 Å². The van der Waals surface area contributed by atoms with Crippen LogP contribution >= 0.6 is 0 Å². The number of Topliss-reactive ketones (excluding diaryl/α,β-unsaturated/α-hetero) is 2. The van der Waals surface area contributed by atoms with Crippen molar-refractivity contribution in [2.75, 3.05) is 7.11 Å². The molecule has 1 aliphatic rings. The lowest BCUT2D eigenvalue weighted by Gasteiger charge is -2.21. The van der Waals surface area contributed by atoms with Crippen molar-refractivity contribution in [3.8, 4) is 0 Å². The lowest BCUT2D eigenvalue weighted by Crippen LogP contribution is -2.26. The Morgan fingerprint density at radius 3 is 2.07 bits per heavy atom. The molecule has 0 fully saturated rings. The maximum Gasteiger partial charge on any atom is 0.224 e. The van der Waals surface area contributed by atoms with Crippen molar-refractivity contribution in [2.24, 2.45) is 0 Å². The minimum atomic E-state index is -0.344. The molecule has 0 aromatic heterocycles. The highest BCUT2D eigenvalue weighted by Gasteiger charge is 2.34. The van der Waals surface area contributed by atoms with Gasteiger partial charge in [-0.05, 0) is 52.4 Å². The Morgan fingerprint density at radius 2 is 1.59 bits per heavy atom. The topological polar surface area (TPSA) is 60.4 Å². The van der Waals surface area contributed by atoms with Gasteiger partial charge in [-0.25, -0.2) is 0 Å². The fourth-order valence-electron chi connectivity index (χ4n) is 2.90. The first-order valence-electron chi connectivity index (χ1n) is 9.65. The van der Waals surface area contributed by atoms with E-state index < -0.39 is 0 Å². The number of carbonyl (C=O) groups excluding carboxylic acids is 3. The van der Waals surface area contributed by atoms with Gasteiger partial charge in [0.25, 0.3) is 0 Å². The van der Waals surface area contributed by atoms with Crippen molar-refractivity contribution in [2.45, 2.75) is 72.1 Å². The van der Waals surface area contributed by atoms with E-state index in [2.05, 4.69) is 20.1 Å². The summed E-state index contributed by atoms with van der Waals surface area (Å²) < 4.78 is 5.24. The van der Waals surface area contributed by atoms with E-state index in [-0.39, 0.29) is 22.9 Å². The van der Waals surface area contributed by atoms with Gasteiger partial charge in [0.05, 0.1) is 12.7 Å². The Bertz CT molecular complexity index is 620. The summed E-state index contributed by atoms with van der Waals surface area (Å²) in [6, 6.07) is 0. The number of ketones is 2. The monoisotopic (exact) mass is 374 g/mol. The first-order valence-corrected chi connectivity index (χ1v) is 9.65. The van der Waals surface area contributed by atoms with E-state index in [1.54, 1.807) is 6.08 Å². The van der Waals surface area contributed by atoms with E-state index in [1.807, 2.05) is 13.8 Å². The van der Waals surface area contributed by atoms with Gasteiger partial charge in [0.15, 0.2) is 17.8 Å². The highest BCUT2D eigenvalue weighted by Crippen LogP contribution is 2.30. The van der Waals surface area contributed by atoms with Crippen molar-refractivity contribution < 1.29 is 19.1 Å². The first kappa shape index (κ1) is 24.8. The molecule has 0 saturated heterocycles. The van der Waals surface area contributed by atoms with Crippen LogP contribution in [-0.2, 0) is 19.1 Å². The second-order valence-corrected chi connectivity index (χ2v) is 6.71. The number of carbonyl (C=O) groups is 3. The standard InChI is InChI=1S/C20H28O4.C3H6/c1-5-6-7-11-15-17(13-21)18(22)16(20(24-4)19(15)23)12-9-8-10-14(2)3;1-3-2/h13H,2,5-12H2,1,3-4H3;3H,1H2,2H3. The van der Waals surface area contributed by atoms with Crippen LogP contribution < -0.4 is 0 Å². The fraction of sp³-hybridized carbons (Fsp3) is 0.522. The van der Waals surface area contributed by atoms with Crippen molar-refractivity contribution in [3.05, 3.63) is 47.3 Å². The highest BCUT2D eigenvalue weighted by molar-refractivity contribution is 6.31. The van der Waals surface area contributed by atoms with Gasteiger partial charge in [0.1, 0.15) is 0 Å². The predicted molar refractivity (Wildman–Crippen MR) is 110 cm³/mol. The number of unbranched alkanes of at least 4 members (excludes halogenated alkanes) is 3. The third-order valence-corrected chi connectivity index (χ3v) is 4.23. The van der Waals surface area contributed by atoms with Crippen molar-refractivity contribution in [1.29, 1.82) is 0 Å². The predicted octanol–water partition coefficient (Wildman–Crippen LogP) is 5.44. The fourth-order valence-corrected chi connectivity index (χ4v) is 2.90. The molecule has 150 valence electrons. The van der Waals surface area contributed by atoms with Gasteiger partial charge in [0.2, 0.25) is 5.78 Å². The highest BCUT2D eigenvalue weighted by atomic mass is 16.5. The molecule has 0 spiro atoms. The van der Waals surface area contributed by atoms with Gasteiger partial charge < -0.3 is 4.74 Å². The van der Waals surface area contributed by atoms with E-state index in [0.717, 1.165) is 44.1 Å². The molecule has 0 N–H and O–H groups in total. The number of allylic oxidation sites excluding steroid dienone is 5. The van der Waals surface area contributed by atoms with Crippen molar-refractivity contribution in [3.63, 3.8) is 0 Å². The van der Waals surface area contributed by atoms with E-state index >= 15 is 0 Å². The zero-order valence-corrected chi connectivity index (χ0v) is 17.4. The molecule has 1 rings (SSSR count). The zero-order valence-electron chi connectivity index (χ0n) is 17.4. The summed E-state index contributed by atoms with van der Waals surface area (Å²) >= 11 is 0. The Hall–Kier alpha value is -2.23. The number of rotatable bonds is 11. The number of hydrogen-bond acceptors (Lipinski definition) is 4. The minimum absolute atomic E-state index is 0.0202.